The lowest BCUT2D eigenvalue weighted by atomic mass is 9.80. The Kier molecular flexibility index (Phi) is 13.0. The van der Waals surface area contributed by atoms with Crippen molar-refractivity contribution in [3.8, 4) is 11.5 Å². The summed E-state index contributed by atoms with van der Waals surface area (Å²) in [7, 11) is 0. The molecule has 5 N–H and O–H groups in total. The van der Waals surface area contributed by atoms with E-state index in [1.165, 1.54) is 24.3 Å². The highest BCUT2D eigenvalue weighted by molar-refractivity contribution is 6.01. The smallest absolute Gasteiger partial charge is 0.255 e. The standard InChI is InChI=1S/C38H44FN5O7/c39-27-14-16-28(17-15-27)50-23-21-41-36(48)31-25-33(45)44-38(18-7-2-8-19-38)37(49)43-30(24-26-10-3-1-4-11-26)35(47)40-20-9-22-51-32-13-6-5-12-29(32)34(46)42-31/h1,3-6,10-17,30-31H,2,7-9,18-25H2,(H,40,47)(H,41,48)(H,42,46)(H,43,49)(H,44,45)/t30-,31-/m0/s1. The fourth-order valence-corrected chi connectivity index (χ4v) is 6.23. The van der Waals surface area contributed by atoms with Gasteiger partial charge in [0, 0.05) is 13.0 Å². The zero-order chi connectivity index (χ0) is 36.1. The monoisotopic (exact) mass is 701 g/mol. The van der Waals surface area contributed by atoms with Gasteiger partial charge in [-0.25, -0.2) is 4.39 Å². The minimum Gasteiger partial charge on any atom is -0.493 e. The van der Waals surface area contributed by atoms with Gasteiger partial charge < -0.3 is 36.1 Å². The van der Waals surface area contributed by atoms with Crippen molar-refractivity contribution in [2.24, 2.45) is 0 Å². The van der Waals surface area contributed by atoms with Crippen LogP contribution in [-0.2, 0) is 25.6 Å². The SMILES string of the molecule is O=C1C[C@@H](C(=O)NCCOc2ccc(F)cc2)NC(=O)c2ccccc2OCCCNC(=O)[C@H](Cc2ccccc2)NC(=O)C2(CCCCC2)N1. The third-order valence-corrected chi connectivity index (χ3v) is 8.93. The third-order valence-electron chi connectivity index (χ3n) is 8.93. The molecule has 2 aliphatic rings. The Bertz CT molecular complexity index is 1660. The molecule has 2 atom stereocenters. The average Bonchev–Trinajstić information content (AvgIpc) is 3.13. The van der Waals surface area contributed by atoms with Crippen molar-refractivity contribution in [2.75, 3.05) is 26.3 Å². The van der Waals surface area contributed by atoms with Crippen molar-refractivity contribution in [1.82, 2.24) is 26.6 Å². The van der Waals surface area contributed by atoms with E-state index in [9.17, 15) is 28.4 Å². The van der Waals surface area contributed by atoms with E-state index in [4.69, 9.17) is 9.47 Å². The summed E-state index contributed by atoms with van der Waals surface area (Å²) in [4.78, 5) is 68.4. The lowest BCUT2D eigenvalue weighted by molar-refractivity contribution is -0.138. The maximum absolute atomic E-state index is 14.1. The van der Waals surface area contributed by atoms with E-state index in [1.54, 1.807) is 24.3 Å². The van der Waals surface area contributed by atoms with E-state index in [-0.39, 0.29) is 49.9 Å². The van der Waals surface area contributed by atoms with E-state index < -0.39 is 53.5 Å². The minimum atomic E-state index is -1.32. The van der Waals surface area contributed by atoms with Crippen molar-refractivity contribution in [2.45, 2.75) is 69.0 Å². The van der Waals surface area contributed by atoms with Crippen molar-refractivity contribution in [1.29, 1.82) is 0 Å². The van der Waals surface area contributed by atoms with Gasteiger partial charge in [0.2, 0.25) is 23.6 Å². The number of fused-ring (bicyclic) bond motifs is 1. The quantitative estimate of drug-likeness (QED) is 0.237. The first-order chi connectivity index (χ1) is 24.7. The lowest BCUT2D eigenvalue weighted by Gasteiger charge is -2.38. The molecule has 1 fully saturated rings. The van der Waals surface area contributed by atoms with Gasteiger partial charge in [0.05, 0.1) is 25.1 Å². The van der Waals surface area contributed by atoms with Crippen LogP contribution in [0.5, 0.6) is 11.5 Å². The van der Waals surface area contributed by atoms with Crippen molar-refractivity contribution >= 4 is 29.5 Å². The number of halogens is 1. The van der Waals surface area contributed by atoms with E-state index in [2.05, 4.69) is 26.6 Å². The Morgan fingerprint density at radius 2 is 1.61 bits per heavy atom. The molecule has 270 valence electrons. The molecule has 1 heterocycles. The van der Waals surface area contributed by atoms with Gasteiger partial charge in [-0.05, 0) is 61.2 Å². The molecule has 1 aliphatic heterocycles. The number of nitrogens with one attached hydrogen (secondary N) is 5. The van der Waals surface area contributed by atoms with Crippen LogP contribution in [0, 0.1) is 5.82 Å². The Balaban J connectivity index is 1.37. The van der Waals surface area contributed by atoms with Gasteiger partial charge in [0.25, 0.3) is 5.91 Å². The topological polar surface area (TPSA) is 164 Å². The summed E-state index contributed by atoms with van der Waals surface area (Å²) in [6.07, 6.45) is 3.11. The summed E-state index contributed by atoms with van der Waals surface area (Å²) in [5, 5.41) is 14.1. The zero-order valence-corrected chi connectivity index (χ0v) is 28.4. The first kappa shape index (κ1) is 36.8. The highest BCUT2D eigenvalue weighted by atomic mass is 19.1. The molecule has 3 aromatic rings. The second kappa shape index (κ2) is 18.0. The molecule has 1 aliphatic carbocycles. The minimum absolute atomic E-state index is 0.0289. The second-order valence-electron chi connectivity index (χ2n) is 12.7. The summed E-state index contributed by atoms with van der Waals surface area (Å²) in [5.74, 6) is -2.48. The predicted octanol–water partition coefficient (Wildman–Crippen LogP) is 2.95. The Labute approximate surface area is 296 Å². The van der Waals surface area contributed by atoms with Crippen LogP contribution in [0.4, 0.5) is 4.39 Å². The summed E-state index contributed by atoms with van der Waals surface area (Å²) >= 11 is 0. The van der Waals surface area contributed by atoms with E-state index >= 15 is 0 Å². The molecule has 0 unspecified atom stereocenters. The van der Waals surface area contributed by atoms with Crippen LogP contribution in [0.25, 0.3) is 0 Å². The molecule has 13 heteroatoms. The van der Waals surface area contributed by atoms with Crippen LogP contribution in [0.2, 0.25) is 0 Å². The maximum Gasteiger partial charge on any atom is 0.255 e. The van der Waals surface area contributed by atoms with Crippen molar-refractivity contribution in [3.63, 3.8) is 0 Å². The number of rotatable bonds is 7. The van der Waals surface area contributed by atoms with Crippen molar-refractivity contribution in [3.05, 3.63) is 95.8 Å². The number of para-hydroxylation sites is 1. The Morgan fingerprint density at radius 3 is 2.37 bits per heavy atom. The molecule has 1 saturated carbocycles. The van der Waals surface area contributed by atoms with Gasteiger partial charge in [-0.2, -0.15) is 0 Å². The summed E-state index contributed by atoms with van der Waals surface area (Å²) in [6.45, 7) is 0.496. The molecule has 0 aromatic heterocycles. The third kappa shape index (κ3) is 10.5. The van der Waals surface area contributed by atoms with E-state index in [1.807, 2.05) is 30.3 Å². The second-order valence-corrected chi connectivity index (χ2v) is 12.7. The van der Waals surface area contributed by atoms with Gasteiger partial charge in [-0.3, -0.25) is 24.0 Å². The molecule has 3 aromatic carbocycles. The number of hydrogen-bond acceptors (Lipinski definition) is 7. The number of carbonyl (C=O) groups is 5. The average molecular weight is 702 g/mol. The Morgan fingerprint density at radius 1 is 0.882 bits per heavy atom. The first-order valence-corrected chi connectivity index (χ1v) is 17.3. The molecular formula is C38H44FN5O7. The van der Waals surface area contributed by atoms with Crippen molar-refractivity contribution < 1.29 is 37.8 Å². The highest BCUT2D eigenvalue weighted by Crippen LogP contribution is 2.29. The number of carbonyl (C=O) groups excluding carboxylic acids is 5. The van der Waals surface area contributed by atoms with Crippen LogP contribution in [-0.4, -0.2) is 73.5 Å². The summed E-state index contributed by atoms with van der Waals surface area (Å²) < 4.78 is 24.7. The number of ether oxygens (including phenoxy) is 2. The van der Waals surface area contributed by atoms with Gasteiger partial charge in [-0.15, -0.1) is 0 Å². The van der Waals surface area contributed by atoms with E-state index in [0.717, 1.165) is 12.0 Å². The normalized spacial score (nSPS) is 20.2. The van der Waals surface area contributed by atoms with Gasteiger partial charge in [0.1, 0.15) is 41.5 Å². The zero-order valence-electron chi connectivity index (χ0n) is 28.4. The Hall–Kier alpha value is -5.46. The lowest BCUT2D eigenvalue weighted by Crippen LogP contribution is -2.63. The molecular weight excluding hydrogens is 657 g/mol. The number of benzene rings is 3. The molecule has 51 heavy (non-hydrogen) atoms. The van der Waals surface area contributed by atoms with Gasteiger partial charge in [0.15, 0.2) is 0 Å². The number of hydrogen-bond donors (Lipinski definition) is 5. The van der Waals surface area contributed by atoms with Crippen LogP contribution in [0.3, 0.4) is 0 Å². The fourth-order valence-electron chi connectivity index (χ4n) is 6.23. The van der Waals surface area contributed by atoms with E-state index in [0.29, 0.717) is 37.9 Å². The molecule has 0 radical (unpaired) electrons. The molecule has 0 saturated heterocycles. The largest absolute Gasteiger partial charge is 0.493 e. The fraction of sp³-hybridized carbons (Fsp3) is 0.395. The number of amides is 5. The van der Waals surface area contributed by atoms with Crippen LogP contribution < -0.4 is 36.1 Å². The van der Waals surface area contributed by atoms with Crippen LogP contribution >= 0.6 is 0 Å². The van der Waals surface area contributed by atoms with Crippen LogP contribution in [0.15, 0.2) is 78.9 Å². The van der Waals surface area contributed by atoms with Gasteiger partial charge >= 0.3 is 0 Å². The van der Waals surface area contributed by atoms with Gasteiger partial charge in [-0.1, -0.05) is 61.7 Å². The first-order valence-electron chi connectivity index (χ1n) is 17.3. The summed E-state index contributed by atoms with van der Waals surface area (Å²) in [5.41, 5.74) is -0.300. The molecule has 1 spiro atoms. The highest BCUT2D eigenvalue weighted by Gasteiger charge is 2.43. The molecule has 12 nitrogen and oxygen atoms in total. The molecule has 0 bridgehead atoms. The predicted molar refractivity (Wildman–Crippen MR) is 186 cm³/mol. The molecule has 5 amide bonds. The maximum atomic E-state index is 14.1. The summed E-state index contributed by atoms with van der Waals surface area (Å²) in [6, 6.07) is 19.1. The van der Waals surface area contributed by atoms with Crippen LogP contribution in [0.1, 0.15) is 60.9 Å². The molecule has 5 rings (SSSR count).